The van der Waals surface area contributed by atoms with E-state index in [1.165, 1.54) is 12.1 Å². The van der Waals surface area contributed by atoms with Gasteiger partial charge in [0.25, 0.3) is 5.91 Å². The van der Waals surface area contributed by atoms with E-state index in [9.17, 15) is 13.2 Å². The van der Waals surface area contributed by atoms with Crippen LogP contribution in [0.2, 0.25) is 5.02 Å². The fourth-order valence-corrected chi connectivity index (χ4v) is 3.93. The molecule has 1 saturated heterocycles. The van der Waals surface area contributed by atoms with Gasteiger partial charge in [-0.2, -0.15) is 0 Å². The van der Waals surface area contributed by atoms with E-state index in [1.807, 2.05) is 12.1 Å². The van der Waals surface area contributed by atoms with Crippen molar-refractivity contribution in [2.45, 2.75) is 6.54 Å². The molecule has 7 nitrogen and oxygen atoms in total. The Hall–Kier alpha value is -2.29. The van der Waals surface area contributed by atoms with Crippen LogP contribution in [0.15, 0.2) is 42.5 Å². The number of ether oxygens (including phenoxy) is 1. The van der Waals surface area contributed by atoms with Crippen molar-refractivity contribution in [3.63, 3.8) is 0 Å². The molecule has 0 aromatic heterocycles. The van der Waals surface area contributed by atoms with Crippen LogP contribution in [0.1, 0.15) is 15.9 Å². The Morgan fingerprint density at radius 1 is 1.17 bits per heavy atom. The number of hydrogen-bond donors (Lipinski definition) is 1. The van der Waals surface area contributed by atoms with Crippen molar-refractivity contribution in [3.05, 3.63) is 58.6 Å². The molecule has 2 aromatic carbocycles. The fraction of sp³-hybridized carbons (Fsp3) is 0.350. The Morgan fingerprint density at radius 2 is 1.83 bits per heavy atom. The summed E-state index contributed by atoms with van der Waals surface area (Å²) in [5.74, 6) is -0.226. The van der Waals surface area contributed by atoms with Crippen molar-refractivity contribution < 1.29 is 17.9 Å². The molecule has 156 valence electrons. The first-order valence-corrected chi connectivity index (χ1v) is 11.4. The molecule has 3 rings (SSSR count). The average molecular weight is 438 g/mol. The van der Waals surface area contributed by atoms with E-state index in [1.54, 1.807) is 18.0 Å². The first kappa shape index (κ1) is 21.4. The van der Waals surface area contributed by atoms with Crippen LogP contribution in [-0.2, 0) is 21.3 Å². The van der Waals surface area contributed by atoms with Crippen molar-refractivity contribution in [1.82, 2.24) is 4.90 Å². The largest absolute Gasteiger partial charge is 0.378 e. The number of halogens is 1. The van der Waals surface area contributed by atoms with Crippen molar-refractivity contribution in [1.29, 1.82) is 0 Å². The highest BCUT2D eigenvalue weighted by Crippen LogP contribution is 2.25. The molecule has 0 radical (unpaired) electrons. The molecule has 0 saturated carbocycles. The Kier molecular flexibility index (Phi) is 6.66. The third kappa shape index (κ3) is 5.85. The summed E-state index contributed by atoms with van der Waals surface area (Å²) in [5.41, 5.74) is 2.68. The Balaban J connectivity index is 1.68. The second kappa shape index (κ2) is 9.02. The van der Waals surface area contributed by atoms with Gasteiger partial charge in [-0.15, -0.1) is 0 Å². The van der Waals surface area contributed by atoms with Crippen molar-refractivity contribution in [2.24, 2.45) is 0 Å². The second-order valence-corrected chi connectivity index (χ2v) is 9.15. The molecule has 0 atom stereocenters. The molecule has 0 aliphatic carbocycles. The normalized spacial score (nSPS) is 14.5. The molecule has 1 N–H and O–H groups in total. The Morgan fingerprint density at radius 3 is 2.45 bits per heavy atom. The minimum atomic E-state index is -3.50. The summed E-state index contributed by atoms with van der Waals surface area (Å²) in [5, 5.41) is 0.230. The molecular weight excluding hydrogens is 414 g/mol. The van der Waals surface area contributed by atoms with Gasteiger partial charge in [0.15, 0.2) is 0 Å². The molecular formula is C20H24ClN3O4S. The molecule has 1 aliphatic rings. The molecule has 1 heterocycles. The zero-order chi connectivity index (χ0) is 21.0. The van der Waals surface area contributed by atoms with Gasteiger partial charge < -0.3 is 14.5 Å². The van der Waals surface area contributed by atoms with Crippen LogP contribution in [0, 0.1) is 0 Å². The van der Waals surface area contributed by atoms with Gasteiger partial charge >= 0.3 is 0 Å². The van der Waals surface area contributed by atoms with E-state index in [0.29, 0.717) is 12.1 Å². The highest BCUT2D eigenvalue weighted by Gasteiger charge is 2.16. The standard InChI is InChI=1S/C20H24ClN3O4S/c1-23(14-15-3-6-17(7-4-15)24-9-11-28-12-10-24)20(25)16-5-8-18(21)19(13-16)22-29(2,26)27/h3-8,13,22H,9-12,14H2,1-2H3. The summed E-state index contributed by atoms with van der Waals surface area (Å²) >= 11 is 6.03. The number of carbonyl (C=O) groups is 1. The molecule has 2 aromatic rings. The zero-order valence-corrected chi connectivity index (χ0v) is 18.0. The highest BCUT2D eigenvalue weighted by molar-refractivity contribution is 7.92. The van der Waals surface area contributed by atoms with Gasteiger partial charge in [-0.25, -0.2) is 8.42 Å². The van der Waals surface area contributed by atoms with E-state index in [0.717, 1.165) is 43.8 Å². The minimum absolute atomic E-state index is 0.184. The van der Waals surface area contributed by atoms with Gasteiger partial charge in [0.05, 0.1) is 30.2 Å². The SMILES string of the molecule is CN(Cc1ccc(N2CCOCC2)cc1)C(=O)c1ccc(Cl)c(NS(C)(=O)=O)c1. The van der Waals surface area contributed by atoms with Crippen LogP contribution in [0.4, 0.5) is 11.4 Å². The van der Waals surface area contributed by atoms with Crippen LogP contribution >= 0.6 is 11.6 Å². The van der Waals surface area contributed by atoms with Gasteiger partial charge in [-0.3, -0.25) is 9.52 Å². The van der Waals surface area contributed by atoms with Crippen molar-refractivity contribution >= 4 is 38.9 Å². The summed E-state index contributed by atoms with van der Waals surface area (Å²) in [4.78, 5) is 16.6. The molecule has 0 bridgehead atoms. The number of sulfonamides is 1. The Labute approximate surface area is 176 Å². The lowest BCUT2D eigenvalue weighted by Crippen LogP contribution is -2.36. The number of carbonyl (C=O) groups excluding carboxylic acids is 1. The summed E-state index contributed by atoms with van der Waals surface area (Å²) < 4.78 is 30.7. The predicted octanol–water partition coefficient (Wildman–Crippen LogP) is 2.82. The quantitative estimate of drug-likeness (QED) is 0.751. The topological polar surface area (TPSA) is 79.0 Å². The van der Waals surface area contributed by atoms with Crippen LogP contribution in [-0.4, -0.2) is 58.8 Å². The van der Waals surface area contributed by atoms with E-state index >= 15 is 0 Å². The zero-order valence-electron chi connectivity index (χ0n) is 16.4. The van der Waals surface area contributed by atoms with Crippen molar-refractivity contribution in [3.8, 4) is 0 Å². The first-order chi connectivity index (χ1) is 13.7. The number of anilines is 2. The monoisotopic (exact) mass is 437 g/mol. The number of benzene rings is 2. The molecule has 0 unspecified atom stereocenters. The van der Waals surface area contributed by atoms with Gasteiger partial charge in [0.2, 0.25) is 10.0 Å². The Bertz CT molecular complexity index is 974. The van der Waals surface area contributed by atoms with Crippen LogP contribution in [0.3, 0.4) is 0 Å². The molecule has 29 heavy (non-hydrogen) atoms. The maximum absolute atomic E-state index is 12.8. The van der Waals surface area contributed by atoms with Gasteiger partial charge in [0, 0.05) is 37.9 Å². The number of nitrogens with zero attached hydrogens (tertiary/aromatic N) is 2. The lowest BCUT2D eigenvalue weighted by atomic mass is 10.1. The minimum Gasteiger partial charge on any atom is -0.378 e. The van der Waals surface area contributed by atoms with Gasteiger partial charge in [-0.1, -0.05) is 23.7 Å². The van der Waals surface area contributed by atoms with E-state index in [-0.39, 0.29) is 16.6 Å². The maximum atomic E-state index is 12.8. The molecule has 9 heteroatoms. The van der Waals surface area contributed by atoms with Gasteiger partial charge in [-0.05, 0) is 35.9 Å². The lowest BCUT2D eigenvalue weighted by molar-refractivity contribution is 0.0785. The van der Waals surface area contributed by atoms with Gasteiger partial charge in [0.1, 0.15) is 0 Å². The third-order valence-corrected chi connectivity index (χ3v) is 5.51. The summed E-state index contributed by atoms with van der Waals surface area (Å²) in [6.07, 6.45) is 1.03. The average Bonchev–Trinajstić information content (AvgIpc) is 2.69. The number of rotatable bonds is 6. The molecule has 1 fully saturated rings. The fourth-order valence-electron chi connectivity index (χ4n) is 3.14. The summed E-state index contributed by atoms with van der Waals surface area (Å²) in [7, 11) is -1.79. The number of nitrogens with one attached hydrogen (secondary N) is 1. The van der Waals surface area contributed by atoms with Crippen LogP contribution < -0.4 is 9.62 Å². The number of hydrogen-bond acceptors (Lipinski definition) is 5. The highest BCUT2D eigenvalue weighted by atomic mass is 35.5. The maximum Gasteiger partial charge on any atom is 0.253 e. The predicted molar refractivity (Wildman–Crippen MR) is 115 cm³/mol. The lowest BCUT2D eigenvalue weighted by Gasteiger charge is -2.29. The molecule has 1 aliphatic heterocycles. The first-order valence-electron chi connectivity index (χ1n) is 9.17. The van der Waals surface area contributed by atoms with E-state index in [2.05, 4.69) is 21.8 Å². The second-order valence-electron chi connectivity index (χ2n) is 7.00. The molecule has 0 spiro atoms. The van der Waals surface area contributed by atoms with Crippen LogP contribution in [0.25, 0.3) is 0 Å². The molecule has 1 amide bonds. The van der Waals surface area contributed by atoms with Crippen LogP contribution in [0.5, 0.6) is 0 Å². The summed E-state index contributed by atoms with van der Waals surface area (Å²) in [6, 6.07) is 12.7. The van der Waals surface area contributed by atoms with E-state index in [4.69, 9.17) is 16.3 Å². The van der Waals surface area contributed by atoms with E-state index < -0.39 is 10.0 Å². The number of amides is 1. The smallest absolute Gasteiger partial charge is 0.253 e. The third-order valence-electron chi connectivity index (χ3n) is 4.59. The number of morpholine rings is 1. The van der Waals surface area contributed by atoms with Crippen molar-refractivity contribution in [2.75, 3.05) is 49.2 Å². The summed E-state index contributed by atoms with van der Waals surface area (Å²) in [6.45, 7) is 3.64.